The van der Waals surface area contributed by atoms with Crippen molar-refractivity contribution >= 4 is 43.9 Å². The minimum atomic E-state index is -1.14. The lowest BCUT2D eigenvalue weighted by Crippen LogP contribution is -2.04. The summed E-state index contributed by atoms with van der Waals surface area (Å²) in [6.07, 6.45) is 1.82. The molecule has 0 saturated heterocycles. The molecule has 3 aromatic heterocycles. The molecular weight excluding hydrogens is 490 g/mol. The van der Waals surface area contributed by atoms with Crippen molar-refractivity contribution < 1.29 is 10.2 Å². The van der Waals surface area contributed by atoms with Crippen LogP contribution in [0.4, 0.5) is 0 Å². The van der Waals surface area contributed by atoms with E-state index in [0.717, 1.165) is 54.1 Å². The minimum absolute atomic E-state index is 0.416. The van der Waals surface area contributed by atoms with Crippen molar-refractivity contribution in [2.45, 2.75) is 12.2 Å². The van der Waals surface area contributed by atoms with Crippen LogP contribution < -0.4 is 0 Å². The van der Waals surface area contributed by atoms with Crippen molar-refractivity contribution in [1.29, 1.82) is 0 Å². The summed E-state index contributed by atoms with van der Waals surface area (Å²) in [5.41, 5.74) is 8.12. The summed E-state index contributed by atoms with van der Waals surface area (Å²) in [7, 11) is 0. The number of nitrogens with one attached hydrogen (secondary N) is 1. The number of aromatic nitrogens is 3. The van der Waals surface area contributed by atoms with Gasteiger partial charge in [-0.1, -0.05) is 60.7 Å². The molecule has 2 aromatic carbocycles. The summed E-state index contributed by atoms with van der Waals surface area (Å²) in [5.74, 6) is 0. The maximum Gasteiger partial charge on any atom is 0.128 e. The van der Waals surface area contributed by atoms with E-state index in [0.29, 0.717) is 11.4 Å². The largest absolute Gasteiger partial charge is 0.384 e. The van der Waals surface area contributed by atoms with E-state index < -0.39 is 12.2 Å². The van der Waals surface area contributed by atoms with Gasteiger partial charge in [0.25, 0.3) is 0 Å². The van der Waals surface area contributed by atoms with Gasteiger partial charge in [0, 0.05) is 31.6 Å². The smallest absolute Gasteiger partial charge is 0.128 e. The van der Waals surface area contributed by atoms with Gasteiger partial charge < -0.3 is 15.2 Å². The molecule has 0 radical (unpaired) electrons. The molecule has 2 unspecified atom stereocenters. The first-order valence-electron chi connectivity index (χ1n) is 12.4. The number of nitrogens with zero attached hydrogens (tertiary/aromatic N) is 2. The van der Waals surface area contributed by atoms with Crippen molar-refractivity contribution in [2.75, 3.05) is 0 Å². The summed E-state index contributed by atoms with van der Waals surface area (Å²) in [5, 5.41) is 22.2. The highest BCUT2D eigenvalue weighted by molar-refractivity contribution is 7.23. The SMILES string of the molecule is OC1c2cc3ccc([nH]3)c(-c3ccccc3)c3nc(cc4ccc(s4)c(-c4ccccc4)c(n2)C1O)C=C3. The van der Waals surface area contributed by atoms with Crippen molar-refractivity contribution in [3.63, 3.8) is 0 Å². The second kappa shape index (κ2) is 9.19. The zero-order valence-electron chi connectivity index (χ0n) is 20.2. The number of hydrogen-bond acceptors (Lipinski definition) is 5. The lowest BCUT2D eigenvalue weighted by atomic mass is 10.0. The van der Waals surface area contributed by atoms with Crippen LogP contribution in [0.25, 0.3) is 54.8 Å². The third-order valence-corrected chi connectivity index (χ3v) is 7.92. The average molecular weight is 514 g/mol. The summed E-state index contributed by atoms with van der Waals surface area (Å²) in [6, 6.07) is 32.0. The Hall–Kier alpha value is -4.36. The fraction of sp³-hybridized carbons (Fsp3) is 0.0625. The number of hydrogen-bond donors (Lipinski definition) is 3. The summed E-state index contributed by atoms with van der Waals surface area (Å²) in [6.45, 7) is 0. The van der Waals surface area contributed by atoms with Crippen molar-refractivity contribution in [2.24, 2.45) is 0 Å². The Bertz CT molecular complexity index is 1860. The molecule has 0 fully saturated rings. The molecule has 5 nitrogen and oxygen atoms in total. The number of thiophene rings is 1. The molecule has 2 atom stereocenters. The van der Waals surface area contributed by atoms with Crippen LogP contribution in [0.1, 0.15) is 35.0 Å². The van der Waals surface area contributed by atoms with E-state index in [9.17, 15) is 10.2 Å². The first-order valence-corrected chi connectivity index (χ1v) is 13.3. The molecule has 6 heteroatoms. The Labute approximate surface area is 223 Å². The number of benzene rings is 2. The molecule has 0 spiro atoms. The Morgan fingerprint density at radius 1 is 0.684 bits per heavy atom. The molecular formula is C32H23N3O2S. The number of aliphatic hydroxyl groups excluding tert-OH is 2. The molecule has 5 heterocycles. The van der Waals surface area contributed by atoms with Gasteiger partial charge in [0.15, 0.2) is 0 Å². The predicted octanol–water partition coefficient (Wildman–Crippen LogP) is 7.32. The van der Waals surface area contributed by atoms with Gasteiger partial charge in [-0.15, -0.1) is 11.3 Å². The Balaban J connectivity index is 1.61. The Morgan fingerprint density at radius 2 is 1.42 bits per heavy atom. The van der Waals surface area contributed by atoms with Gasteiger partial charge in [-0.05, 0) is 59.7 Å². The lowest BCUT2D eigenvalue weighted by Gasteiger charge is -2.11. The van der Waals surface area contributed by atoms with E-state index in [1.165, 1.54) is 0 Å². The number of aromatic amines is 1. The molecule has 2 aliphatic heterocycles. The minimum Gasteiger partial charge on any atom is -0.384 e. The topological polar surface area (TPSA) is 82.0 Å². The van der Waals surface area contributed by atoms with Crippen molar-refractivity contribution in [3.05, 3.63) is 120 Å². The van der Waals surface area contributed by atoms with Crippen LogP contribution in [-0.4, -0.2) is 25.2 Å². The van der Waals surface area contributed by atoms with Gasteiger partial charge in [0.2, 0.25) is 0 Å². The van der Waals surface area contributed by atoms with E-state index in [-0.39, 0.29) is 0 Å². The van der Waals surface area contributed by atoms with Crippen LogP contribution >= 0.6 is 11.3 Å². The summed E-state index contributed by atoms with van der Waals surface area (Å²) in [4.78, 5) is 13.2. The molecule has 3 N–H and O–H groups in total. The number of fused-ring (bicyclic) bond motifs is 8. The van der Waals surface area contributed by atoms with Gasteiger partial charge in [0.05, 0.1) is 22.8 Å². The van der Waals surface area contributed by atoms with Crippen LogP contribution in [0.3, 0.4) is 0 Å². The maximum absolute atomic E-state index is 11.2. The van der Waals surface area contributed by atoms with E-state index >= 15 is 0 Å². The molecule has 0 saturated carbocycles. The fourth-order valence-corrected chi connectivity index (χ4v) is 6.11. The zero-order chi connectivity index (χ0) is 25.6. The Kier molecular flexibility index (Phi) is 5.51. The molecule has 0 amide bonds. The molecule has 7 rings (SSSR count). The Morgan fingerprint density at radius 3 is 2.18 bits per heavy atom. The number of rotatable bonds is 2. The average Bonchev–Trinajstić information content (AvgIpc) is 3.74. The van der Waals surface area contributed by atoms with Crippen LogP contribution in [-0.2, 0) is 0 Å². The van der Waals surface area contributed by atoms with Crippen LogP contribution in [0.5, 0.6) is 0 Å². The first-order chi connectivity index (χ1) is 18.6. The lowest BCUT2D eigenvalue weighted by molar-refractivity contribution is 0.0257. The van der Waals surface area contributed by atoms with Gasteiger partial charge >= 0.3 is 0 Å². The molecule has 184 valence electrons. The second-order valence-corrected chi connectivity index (χ2v) is 10.5. The van der Waals surface area contributed by atoms with Crippen LogP contribution in [0.15, 0.2) is 97.1 Å². The number of aliphatic hydroxyl groups is 2. The highest BCUT2D eigenvalue weighted by atomic mass is 32.1. The van der Waals surface area contributed by atoms with Crippen molar-refractivity contribution in [1.82, 2.24) is 15.0 Å². The molecule has 8 bridgehead atoms. The summed E-state index contributed by atoms with van der Waals surface area (Å²) >= 11 is 1.61. The fourth-order valence-electron chi connectivity index (χ4n) is 5.08. The first kappa shape index (κ1) is 22.8. The normalized spacial score (nSPS) is 16.6. The third kappa shape index (κ3) is 3.96. The highest BCUT2D eigenvalue weighted by Crippen LogP contribution is 2.41. The molecule has 38 heavy (non-hydrogen) atoms. The van der Waals surface area contributed by atoms with E-state index in [2.05, 4.69) is 35.3 Å². The zero-order valence-corrected chi connectivity index (χ0v) is 21.1. The maximum atomic E-state index is 11.2. The van der Waals surface area contributed by atoms with Gasteiger partial charge in [-0.2, -0.15) is 0 Å². The van der Waals surface area contributed by atoms with E-state index in [1.807, 2.05) is 72.8 Å². The molecule has 0 aliphatic carbocycles. The van der Waals surface area contributed by atoms with Crippen molar-refractivity contribution in [3.8, 4) is 22.3 Å². The number of H-pyrrole nitrogens is 1. The summed E-state index contributed by atoms with van der Waals surface area (Å²) < 4.78 is 2.00. The molecule has 5 aromatic rings. The third-order valence-electron chi connectivity index (χ3n) is 6.88. The van der Waals surface area contributed by atoms with E-state index in [4.69, 9.17) is 9.97 Å². The van der Waals surface area contributed by atoms with Gasteiger partial charge in [0.1, 0.15) is 12.2 Å². The van der Waals surface area contributed by atoms with Crippen LogP contribution in [0.2, 0.25) is 0 Å². The van der Waals surface area contributed by atoms with E-state index in [1.54, 1.807) is 17.4 Å². The monoisotopic (exact) mass is 513 g/mol. The second-order valence-electron chi connectivity index (χ2n) is 9.37. The predicted molar refractivity (Wildman–Crippen MR) is 154 cm³/mol. The standard InChI is InChI=1S/C32H23N3O2S/c36-31-26-18-22-12-15-25(34-22)28(19-7-3-1-4-8-19)24-14-11-21(33-24)17-23-13-16-27(38-23)29(30(35-26)32(31)37)20-9-5-2-6-10-20/h1-18,31-32,34,36-37H. The van der Waals surface area contributed by atoms with Gasteiger partial charge in [-0.25, -0.2) is 4.98 Å². The highest BCUT2D eigenvalue weighted by Gasteiger charge is 2.31. The quantitative estimate of drug-likeness (QED) is 0.227. The van der Waals surface area contributed by atoms with Crippen LogP contribution in [0, 0.1) is 0 Å². The van der Waals surface area contributed by atoms with Gasteiger partial charge in [-0.3, -0.25) is 4.98 Å². The molecule has 2 aliphatic rings.